The minimum Gasteiger partial charge on any atom is -0.336 e. The van der Waals surface area contributed by atoms with Gasteiger partial charge in [-0.2, -0.15) is 0 Å². The summed E-state index contributed by atoms with van der Waals surface area (Å²) in [7, 11) is 0. The number of carbonyl (C=O) groups is 1. The van der Waals surface area contributed by atoms with Crippen LogP contribution in [0.2, 0.25) is 0 Å². The van der Waals surface area contributed by atoms with Crippen molar-refractivity contribution in [3.63, 3.8) is 0 Å². The van der Waals surface area contributed by atoms with Gasteiger partial charge in [0.15, 0.2) is 0 Å². The van der Waals surface area contributed by atoms with Crippen molar-refractivity contribution in [3.05, 3.63) is 60.4 Å². The first-order chi connectivity index (χ1) is 13.1. The van der Waals surface area contributed by atoms with Gasteiger partial charge in [0.05, 0.1) is 16.8 Å². The van der Waals surface area contributed by atoms with Crippen molar-refractivity contribution >= 4 is 16.8 Å². The second-order valence-corrected chi connectivity index (χ2v) is 7.23. The molecule has 4 rings (SSSR count). The Morgan fingerprint density at radius 2 is 1.70 bits per heavy atom. The summed E-state index contributed by atoms with van der Waals surface area (Å²) < 4.78 is 0. The lowest BCUT2D eigenvalue weighted by Gasteiger charge is -2.37. The minimum absolute atomic E-state index is 0.0901. The molecule has 1 fully saturated rings. The molecule has 1 aliphatic rings. The molecule has 0 spiro atoms. The lowest BCUT2D eigenvalue weighted by Crippen LogP contribution is -2.50. The largest absolute Gasteiger partial charge is 0.336 e. The quantitative estimate of drug-likeness (QED) is 0.718. The summed E-state index contributed by atoms with van der Waals surface area (Å²) in [6.45, 7) is 7.77. The number of hydrogen-bond acceptors (Lipinski definition) is 4. The SMILES string of the molecule is CC(C)N1CCN(C(=O)c2cc(-c3ccncc3)nc3ccccc23)CC1. The number of benzene rings is 1. The van der Waals surface area contributed by atoms with Crippen molar-refractivity contribution in [1.82, 2.24) is 19.8 Å². The summed E-state index contributed by atoms with van der Waals surface area (Å²) in [6, 6.07) is 14.2. The smallest absolute Gasteiger partial charge is 0.254 e. The number of pyridine rings is 2. The van der Waals surface area contributed by atoms with Gasteiger partial charge in [0.2, 0.25) is 0 Å². The Morgan fingerprint density at radius 1 is 1.00 bits per heavy atom. The van der Waals surface area contributed by atoms with E-state index in [9.17, 15) is 4.79 Å². The van der Waals surface area contributed by atoms with E-state index >= 15 is 0 Å². The molecule has 0 atom stereocenters. The van der Waals surface area contributed by atoms with Gasteiger partial charge in [0, 0.05) is 55.6 Å². The Morgan fingerprint density at radius 3 is 2.41 bits per heavy atom. The van der Waals surface area contributed by atoms with Gasteiger partial charge in [-0.15, -0.1) is 0 Å². The molecule has 0 aliphatic carbocycles. The van der Waals surface area contributed by atoms with Gasteiger partial charge in [0.1, 0.15) is 0 Å². The fourth-order valence-electron chi connectivity index (χ4n) is 3.63. The lowest BCUT2D eigenvalue weighted by molar-refractivity contribution is 0.0597. The van der Waals surface area contributed by atoms with Crippen LogP contribution < -0.4 is 0 Å². The van der Waals surface area contributed by atoms with E-state index in [0.717, 1.165) is 53.9 Å². The second kappa shape index (κ2) is 7.45. The fourth-order valence-corrected chi connectivity index (χ4v) is 3.63. The van der Waals surface area contributed by atoms with E-state index in [0.29, 0.717) is 6.04 Å². The van der Waals surface area contributed by atoms with Crippen LogP contribution in [0, 0.1) is 0 Å². The Labute approximate surface area is 159 Å². The van der Waals surface area contributed by atoms with Gasteiger partial charge in [-0.1, -0.05) is 18.2 Å². The number of amides is 1. The zero-order valence-corrected chi connectivity index (χ0v) is 15.8. The molecular formula is C22H24N4O. The molecule has 27 heavy (non-hydrogen) atoms. The molecule has 0 N–H and O–H groups in total. The van der Waals surface area contributed by atoms with Crippen molar-refractivity contribution in [1.29, 1.82) is 0 Å². The Bertz CT molecular complexity index is 947. The topological polar surface area (TPSA) is 49.3 Å². The molecule has 1 amide bonds. The summed E-state index contributed by atoms with van der Waals surface area (Å²) >= 11 is 0. The Balaban J connectivity index is 1.71. The van der Waals surface area contributed by atoms with E-state index in [-0.39, 0.29) is 5.91 Å². The zero-order chi connectivity index (χ0) is 18.8. The van der Waals surface area contributed by atoms with E-state index in [1.807, 2.05) is 47.4 Å². The molecule has 0 bridgehead atoms. The highest BCUT2D eigenvalue weighted by Gasteiger charge is 2.25. The molecule has 0 saturated carbocycles. The first-order valence-electron chi connectivity index (χ1n) is 9.47. The number of piperazine rings is 1. The van der Waals surface area contributed by atoms with E-state index in [2.05, 4.69) is 23.7 Å². The van der Waals surface area contributed by atoms with Crippen molar-refractivity contribution in [2.24, 2.45) is 0 Å². The van der Waals surface area contributed by atoms with Crippen LogP contribution in [-0.4, -0.2) is 57.9 Å². The number of hydrogen-bond donors (Lipinski definition) is 0. The number of rotatable bonds is 3. The van der Waals surface area contributed by atoms with Crippen LogP contribution in [0.3, 0.4) is 0 Å². The van der Waals surface area contributed by atoms with Crippen molar-refractivity contribution in [2.75, 3.05) is 26.2 Å². The monoisotopic (exact) mass is 360 g/mol. The molecule has 0 unspecified atom stereocenters. The maximum Gasteiger partial charge on any atom is 0.254 e. The molecule has 5 heteroatoms. The van der Waals surface area contributed by atoms with Gasteiger partial charge >= 0.3 is 0 Å². The van der Waals surface area contributed by atoms with Gasteiger partial charge in [-0.3, -0.25) is 14.7 Å². The van der Waals surface area contributed by atoms with Crippen LogP contribution in [0.4, 0.5) is 0 Å². The predicted molar refractivity (Wildman–Crippen MR) is 108 cm³/mol. The van der Waals surface area contributed by atoms with Crippen LogP contribution in [0.25, 0.3) is 22.2 Å². The summed E-state index contributed by atoms with van der Waals surface area (Å²) in [5.41, 5.74) is 3.34. The van der Waals surface area contributed by atoms with Crippen LogP contribution in [-0.2, 0) is 0 Å². The Hall–Kier alpha value is -2.79. The van der Waals surface area contributed by atoms with E-state index in [4.69, 9.17) is 4.98 Å². The maximum atomic E-state index is 13.3. The standard InChI is InChI=1S/C22H24N4O/c1-16(2)25-11-13-26(14-12-25)22(27)19-15-21(17-7-9-23-10-8-17)24-20-6-4-3-5-18(19)20/h3-10,15-16H,11-14H2,1-2H3. The van der Waals surface area contributed by atoms with Crippen LogP contribution in [0.15, 0.2) is 54.9 Å². The molecule has 5 nitrogen and oxygen atoms in total. The highest BCUT2D eigenvalue weighted by molar-refractivity contribution is 6.07. The zero-order valence-electron chi connectivity index (χ0n) is 15.8. The fraction of sp³-hybridized carbons (Fsp3) is 0.318. The highest BCUT2D eigenvalue weighted by Crippen LogP contribution is 2.26. The predicted octanol–water partition coefficient (Wildman–Crippen LogP) is 3.46. The first kappa shape index (κ1) is 17.6. The first-order valence-corrected chi connectivity index (χ1v) is 9.47. The van der Waals surface area contributed by atoms with Crippen LogP contribution in [0.1, 0.15) is 24.2 Å². The number of fused-ring (bicyclic) bond motifs is 1. The third kappa shape index (κ3) is 3.55. The molecule has 1 aromatic carbocycles. The van der Waals surface area contributed by atoms with Crippen molar-refractivity contribution < 1.29 is 4.79 Å². The molecule has 1 saturated heterocycles. The third-order valence-electron chi connectivity index (χ3n) is 5.25. The number of carbonyl (C=O) groups excluding carboxylic acids is 1. The molecular weight excluding hydrogens is 336 g/mol. The van der Waals surface area contributed by atoms with E-state index in [1.54, 1.807) is 12.4 Å². The maximum absolute atomic E-state index is 13.3. The normalized spacial score (nSPS) is 15.4. The summed E-state index contributed by atoms with van der Waals surface area (Å²) in [4.78, 5) is 26.6. The third-order valence-corrected chi connectivity index (χ3v) is 5.25. The lowest BCUT2D eigenvalue weighted by atomic mass is 10.0. The molecule has 3 aromatic rings. The molecule has 138 valence electrons. The second-order valence-electron chi connectivity index (χ2n) is 7.23. The van der Waals surface area contributed by atoms with Crippen molar-refractivity contribution in [2.45, 2.75) is 19.9 Å². The van der Waals surface area contributed by atoms with Crippen molar-refractivity contribution in [3.8, 4) is 11.3 Å². The minimum atomic E-state index is 0.0901. The number of nitrogens with zero attached hydrogens (tertiary/aromatic N) is 4. The number of para-hydroxylation sites is 1. The highest BCUT2D eigenvalue weighted by atomic mass is 16.2. The average Bonchev–Trinajstić information content (AvgIpc) is 2.73. The van der Waals surface area contributed by atoms with Gasteiger partial charge < -0.3 is 4.90 Å². The molecule has 3 heterocycles. The van der Waals surface area contributed by atoms with Crippen LogP contribution in [0.5, 0.6) is 0 Å². The average molecular weight is 360 g/mol. The summed E-state index contributed by atoms with van der Waals surface area (Å²) in [5, 5.41) is 0.909. The van der Waals surface area contributed by atoms with E-state index in [1.165, 1.54) is 0 Å². The summed E-state index contributed by atoms with van der Waals surface area (Å²) in [5.74, 6) is 0.0901. The van der Waals surface area contributed by atoms with Gasteiger partial charge in [-0.05, 0) is 38.1 Å². The van der Waals surface area contributed by atoms with E-state index < -0.39 is 0 Å². The summed E-state index contributed by atoms with van der Waals surface area (Å²) in [6.07, 6.45) is 3.50. The van der Waals surface area contributed by atoms with Gasteiger partial charge in [0.25, 0.3) is 5.91 Å². The molecule has 0 radical (unpaired) electrons. The molecule has 1 aliphatic heterocycles. The Kier molecular flexibility index (Phi) is 4.86. The van der Waals surface area contributed by atoms with Gasteiger partial charge in [-0.25, -0.2) is 4.98 Å². The number of aromatic nitrogens is 2. The molecule has 2 aromatic heterocycles. The van der Waals surface area contributed by atoms with Crippen LogP contribution >= 0.6 is 0 Å².